The van der Waals surface area contributed by atoms with Gasteiger partial charge in [-0.15, -0.1) is 0 Å². The highest BCUT2D eigenvalue weighted by atomic mass is 16.5. The molecule has 3 unspecified atom stereocenters. The van der Waals surface area contributed by atoms with E-state index >= 15 is 0 Å². The first-order valence-electron chi connectivity index (χ1n) is 6.67. The zero-order valence-electron chi connectivity index (χ0n) is 10.6. The van der Waals surface area contributed by atoms with Gasteiger partial charge in [0.05, 0.1) is 12.7 Å². The first-order valence-corrected chi connectivity index (χ1v) is 6.67. The number of hydrogen-bond donors (Lipinski definition) is 1. The molecule has 2 nitrogen and oxygen atoms in total. The predicted octanol–water partition coefficient (Wildman–Crippen LogP) is 2.76. The standard InChI is InChI=1S/C15H23NO/c1-12-7-8-14(16)15(11-12)17-10-9-13-5-3-2-4-6-13/h2-6,12,14-15H,7-11,16H2,1H3. The van der Waals surface area contributed by atoms with Crippen molar-refractivity contribution in [1.29, 1.82) is 0 Å². The first-order chi connectivity index (χ1) is 8.25. The van der Waals surface area contributed by atoms with Gasteiger partial charge in [-0.3, -0.25) is 0 Å². The molecule has 1 saturated carbocycles. The van der Waals surface area contributed by atoms with Crippen LogP contribution >= 0.6 is 0 Å². The molecule has 94 valence electrons. The summed E-state index contributed by atoms with van der Waals surface area (Å²) in [6.45, 7) is 3.08. The van der Waals surface area contributed by atoms with Crippen LogP contribution in [0.2, 0.25) is 0 Å². The van der Waals surface area contributed by atoms with E-state index in [1.165, 1.54) is 12.0 Å². The Kier molecular flexibility index (Phi) is 4.57. The third-order valence-corrected chi connectivity index (χ3v) is 3.67. The van der Waals surface area contributed by atoms with Crippen molar-refractivity contribution in [1.82, 2.24) is 0 Å². The lowest BCUT2D eigenvalue weighted by molar-refractivity contribution is 0.00385. The van der Waals surface area contributed by atoms with E-state index in [9.17, 15) is 0 Å². The highest BCUT2D eigenvalue weighted by Crippen LogP contribution is 2.25. The molecule has 0 aliphatic heterocycles. The molecule has 0 spiro atoms. The van der Waals surface area contributed by atoms with Crippen LogP contribution in [0.1, 0.15) is 31.7 Å². The molecule has 2 rings (SSSR count). The van der Waals surface area contributed by atoms with Crippen molar-refractivity contribution < 1.29 is 4.74 Å². The van der Waals surface area contributed by atoms with Crippen molar-refractivity contribution in [3.8, 4) is 0 Å². The SMILES string of the molecule is CC1CCC(N)C(OCCc2ccccc2)C1. The summed E-state index contributed by atoms with van der Waals surface area (Å²) in [6.07, 6.45) is 4.73. The highest BCUT2D eigenvalue weighted by molar-refractivity contribution is 5.14. The van der Waals surface area contributed by atoms with Gasteiger partial charge in [-0.1, -0.05) is 37.3 Å². The molecule has 2 heteroatoms. The van der Waals surface area contributed by atoms with Gasteiger partial charge in [0.1, 0.15) is 0 Å². The minimum atomic E-state index is 0.238. The van der Waals surface area contributed by atoms with E-state index in [4.69, 9.17) is 10.5 Å². The minimum Gasteiger partial charge on any atom is -0.376 e. The summed E-state index contributed by atoms with van der Waals surface area (Å²) >= 11 is 0. The van der Waals surface area contributed by atoms with Crippen LogP contribution in [-0.4, -0.2) is 18.8 Å². The van der Waals surface area contributed by atoms with Crippen LogP contribution in [0.15, 0.2) is 30.3 Å². The molecular formula is C15H23NO. The third kappa shape index (κ3) is 3.83. The fraction of sp³-hybridized carbons (Fsp3) is 0.600. The van der Waals surface area contributed by atoms with E-state index in [-0.39, 0.29) is 12.1 Å². The van der Waals surface area contributed by atoms with Gasteiger partial charge in [0.2, 0.25) is 0 Å². The summed E-state index contributed by atoms with van der Waals surface area (Å²) in [5.74, 6) is 0.761. The summed E-state index contributed by atoms with van der Waals surface area (Å²) in [5.41, 5.74) is 7.43. The van der Waals surface area contributed by atoms with Gasteiger partial charge in [0.15, 0.2) is 0 Å². The smallest absolute Gasteiger partial charge is 0.0728 e. The van der Waals surface area contributed by atoms with Crippen molar-refractivity contribution in [2.45, 2.75) is 44.8 Å². The molecule has 0 radical (unpaired) electrons. The van der Waals surface area contributed by atoms with Crippen LogP contribution in [0.4, 0.5) is 0 Å². The van der Waals surface area contributed by atoms with Crippen LogP contribution in [0.25, 0.3) is 0 Å². The monoisotopic (exact) mass is 233 g/mol. The van der Waals surface area contributed by atoms with Crippen molar-refractivity contribution >= 4 is 0 Å². The van der Waals surface area contributed by atoms with Crippen LogP contribution in [0, 0.1) is 5.92 Å². The Balaban J connectivity index is 1.74. The van der Waals surface area contributed by atoms with E-state index in [0.29, 0.717) is 0 Å². The molecule has 3 atom stereocenters. The fourth-order valence-electron chi connectivity index (χ4n) is 2.52. The van der Waals surface area contributed by atoms with E-state index < -0.39 is 0 Å². The molecule has 1 aliphatic rings. The van der Waals surface area contributed by atoms with E-state index in [2.05, 4.69) is 31.2 Å². The van der Waals surface area contributed by atoms with Crippen molar-refractivity contribution in [2.75, 3.05) is 6.61 Å². The summed E-state index contributed by atoms with van der Waals surface area (Å²) in [6, 6.07) is 10.7. The van der Waals surface area contributed by atoms with Crippen LogP contribution in [-0.2, 0) is 11.2 Å². The molecule has 0 saturated heterocycles. The Morgan fingerprint density at radius 1 is 1.24 bits per heavy atom. The highest BCUT2D eigenvalue weighted by Gasteiger charge is 2.26. The molecule has 1 aromatic carbocycles. The molecule has 1 fully saturated rings. The Hall–Kier alpha value is -0.860. The lowest BCUT2D eigenvalue weighted by Gasteiger charge is -2.32. The second-order valence-electron chi connectivity index (χ2n) is 5.23. The van der Waals surface area contributed by atoms with Crippen LogP contribution in [0.5, 0.6) is 0 Å². The number of nitrogens with two attached hydrogens (primary N) is 1. The summed E-state index contributed by atoms with van der Waals surface area (Å²) in [5, 5.41) is 0. The number of ether oxygens (including phenoxy) is 1. The minimum absolute atomic E-state index is 0.238. The van der Waals surface area contributed by atoms with E-state index in [0.717, 1.165) is 31.8 Å². The van der Waals surface area contributed by atoms with Gasteiger partial charge in [-0.05, 0) is 37.2 Å². The molecule has 17 heavy (non-hydrogen) atoms. The number of rotatable bonds is 4. The Morgan fingerprint density at radius 3 is 2.76 bits per heavy atom. The molecule has 0 aromatic heterocycles. The van der Waals surface area contributed by atoms with E-state index in [1.807, 2.05) is 6.07 Å². The molecule has 1 aromatic rings. The summed E-state index contributed by atoms with van der Waals surface area (Å²) < 4.78 is 5.94. The molecule has 1 aliphatic carbocycles. The molecule has 0 heterocycles. The maximum absolute atomic E-state index is 6.10. The van der Waals surface area contributed by atoms with Crippen LogP contribution in [0.3, 0.4) is 0 Å². The van der Waals surface area contributed by atoms with Gasteiger partial charge in [0.25, 0.3) is 0 Å². The first kappa shape index (κ1) is 12.6. The normalized spacial score (nSPS) is 29.2. The van der Waals surface area contributed by atoms with Crippen LogP contribution < -0.4 is 5.73 Å². The van der Waals surface area contributed by atoms with Crippen molar-refractivity contribution in [3.05, 3.63) is 35.9 Å². The van der Waals surface area contributed by atoms with Crippen molar-refractivity contribution in [2.24, 2.45) is 11.7 Å². The zero-order chi connectivity index (χ0) is 12.1. The average molecular weight is 233 g/mol. The summed E-state index contributed by atoms with van der Waals surface area (Å²) in [4.78, 5) is 0. The predicted molar refractivity (Wildman–Crippen MR) is 70.9 cm³/mol. The summed E-state index contributed by atoms with van der Waals surface area (Å²) in [7, 11) is 0. The molecular weight excluding hydrogens is 210 g/mol. The quantitative estimate of drug-likeness (QED) is 0.868. The Labute approximate surface area is 104 Å². The Bertz CT molecular complexity index is 325. The maximum Gasteiger partial charge on any atom is 0.0728 e. The average Bonchev–Trinajstić information content (AvgIpc) is 2.35. The van der Waals surface area contributed by atoms with Crippen molar-refractivity contribution in [3.63, 3.8) is 0 Å². The van der Waals surface area contributed by atoms with Gasteiger partial charge >= 0.3 is 0 Å². The third-order valence-electron chi connectivity index (χ3n) is 3.67. The topological polar surface area (TPSA) is 35.2 Å². The number of hydrogen-bond acceptors (Lipinski definition) is 2. The fourth-order valence-corrected chi connectivity index (χ4v) is 2.52. The van der Waals surface area contributed by atoms with Gasteiger partial charge in [-0.25, -0.2) is 0 Å². The van der Waals surface area contributed by atoms with Gasteiger partial charge in [0, 0.05) is 6.04 Å². The molecule has 0 amide bonds. The molecule has 2 N–H and O–H groups in total. The maximum atomic E-state index is 6.10. The molecule has 0 bridgehead atoms. The number of benzene rings is 1. The van der Waals surface area contributed by atoms with E-state index in [1.54, 1.807) is 0 Å². The van der Waals surface area contributed by atoms with Gasteiger partial charge in [-0.2, -0.15) is 0 Å². The lowest BCUT2D eigenvalue weighted by Crippen LogP contribution is -2.41. The lowest BCUT2D eigenvalue weighted by atomic mass is 9.85. The largest absolute Gasteiger partial charge is 0.376 e. The second-order valence-corrected chi connectivity index (χ2v) is 5.23. The Morgan fingerprint density at radius 2 is 2.00 bits per heavy atom. The van der Waals surface area contributed by atoms with Gasteiger partial charge < -0.3 is 10.5 Å². The zero-order valence-corrected chi connectivity index (χ0v) is 10.6. The second kappa shape index (κ2) is 6.18.